The van der Waals surface area contributed by atoms with E-state index in [1.807, 2.05) is 24.3 Å². The zero-order chi connectivity index (χ0) is 18.9. The number of benzene rings is 2. The van der Waals surface area contributed by atoms with E-state index in [1.165, 1.54) is 0 Å². The number of hydrogen-bond donors (Lipinski definition) is 2. The quantitative estimate of drug-likeness (QED) is 0.680. The van der Waals surface area contributed by atoms with Gasteiger partial charge in [0.1, 0.15) is 0 Å². The van der Waals surface area contributed by atoms with Gasteiger partial charge in [0.2, 0.25) is 0 Å². The smallest absolute Gasteiger partial charge is 0.253 e. The number of para-hydroxylation sites is 1. The third kappa shape index (κ3) is 3.55. The van der Waals surface area contributed by atoms with E-state index in [0.29, 0.717) is 35.4 Å². The maximum atomic E-state index is 12.9. The Hall–Kier alpha value is -2.08. The molecular formula is C20H19Cl2N3O2. The first kappa shape index (κ1) is 18.3. The molecule has 1 amide bonds. The highest BCUT2D eigenvalue weighted by Crippen LogP contribution is 2.39. The van der Waals surface area contributed by atoms with Crippen molar-refractivity contribution in [3.63, 3.8) is 0 Å². The Morgan fingerprint density at radius 1 is 1.22 bits per heavy atom. The van der Waals surface area contributed by atoms with Gasteiger partial charge in [0.05, 0.1) is 17.3 Å². The number of ether oxygens (including phenoxy) is 1. The number of amides is 1. The maximum Gasteiger partial charge on any atom is 0.253 e. The van der Waals surface area contributed by atoms with Crippen LogP contribution < -0.4 is 5.32 Å². The van der Waals surface area contributed by atoms with E-state index < -0.39 is 0 Å². The van der Waals surface area contributed by atoms with Gasteiger partial charge in [0, 0.05) is 40.6 Å². The second kappa shape index (κ2) is 7.50. The van der Waals surface area contributed by atoms with Gasteiger partial charge in [-0.15, -0.1) is 0 Å². The summed E-state index contributed by atoms with van der Waals surface area (Å²) in [7, 11) is 0. The molecule has 0 bridgehead atoms. The molecule has 5 nitrogen and oxygen atoms in total. The van der Waals surface area contributed by atoms with Gasteiger partial charge < -0.3 is 10.1 Å². The molecule has 2 N–H and O–H groups in total. The van der Waals surface area contributed by atoms with Gasteiger partial charge in [-0.2, -0.15) is 5.10 Å². The van der Waals surface area contributed by atoms with Crippen LogP contribution in [0.4, 0.5) is 0 Å². The lowest BCUT2D eigenvalue weighted by molar-refractivity contribution is 0.0487. The van der Waals surface area contributed by atoms with Crippen LogP contribution in [0.15, 0.2) is 42.6 Å². The summed E-state index contributed by atoms with van der Waals surface area (Å²) in [5.74, 6) is -0.138. The molecule has 0 radical (unpaired) electrons. The molecule has 140 valence electrons. The largest absolute Gasteiger partial charge is 0.381 e. The van der Waals surface area contributed by atoms with E-state index in [2.05, 4.69) is 15.5 Å². The lowest BCUT2D eigenvalue weighted by Gasteiger charge is -2.38. The van der Waals surface area contributed by atoms with Gasteiger partial charge in [-0.1, -0.05) is 41.4 Å². The highest BCUT2D eigenvalue weighted by atomic mass is 35.5. The predicted molar refractivity (Wildman–Crippen MR) is 107 cm³/mol. The second-order valence-corrected chi connectivity index (χ2v) is 7.68. The summed E-state index contributed by atoms with van der Waals surface area (Å²) >= 11 is 12.6. The van der Waals surface area contributed by atoms with Crippen LogP contribution in [0.2, 0.25) is 10.0 Å². The standard InChI is InChI=1S/C20H19Cl2N3O2/c21-14-4-5-16(17(22)10-14)20(6-8-27-9-7-20)12-23-19(26)15-3-1-2-13-11-24-25-18(13)15/h1-5,10-11H,6-9,12H2,(H,23,26)(H,24,25). The Kier molecular flexibility index (Phi) is 5.08. The molecule has 1 aliphatic heterocycles. The zero-order valence-corrected chi connectivity index (χ0v) is 16.1. The van der Waals surface area contributed by atoms with Crippen molar-refractivity contribution in [1.82, 2.24) is 15.5 Å². The topological polar surface area (TPSA) is 67.0 Å². The molecular weight excluding hydrogens is 385 g/mol. The molecule has 7 heteroatoms. The highest BCUT2D eigenvalue weighted by molar-refractivity contribution is 6.35. The summed E-state index contributed by atoms with van der Waals surface area (Å²) in [4.78, 5) is 12.9. The zero-order valence-electron chi connectivity index (χ0n) is 14.6. The number of fused-ring (bicyclic) bond motifs is 1. The molecule has 4 rings (SSSR count). The van der Waals surface area contributed by atoms with Gasteiger partial charge in [-0.3, -0.25) is 9.89 Å². The van der Waals surface area contributed by atoms with Gasteiger partial charge in [-0.05, 0) is 36.6 Å². The molecule has 2 heterocycles. The molecule has 1 saturated heterocycles. The normalized spacial score (nSPS) is 16.4. The van der Waals surface area contributed by atoms with E-state index >= 15 is 0 Å². The number of hydrogen-bond acceptors (Lipinski definition) is 3. The van der Waals surface area contributed by atoms with Crippen LogP contribution in [0.25, 0.3) is 10.9 Å². The number of halogens is 2. The van der Waals surface area contributed by atoms with Gasteiger partial charge >= 0.3 is 0 Å². The summed E-state index contributed by atoms with van der Waals surface area (Å²) in [6.07, 6.45) is 3.27. The lowest BCUT2D eigenvalue weighted by atomic mass is 9.74. The first-order chi connectivity index (χ1) is 13.1. The average Bonchev–Trinajstić information content (AvgIpc) is 3.15. The highest BCUT2D eigenvalue weighted by Gasteiger charge is 2.36. The first-order valence-electron chi connectivity index (χ1n) is 8.83. The summed E-state index contributed by atoms with van der Waals surface area (Å²) in [6.45, 7) is 1.73. The number of H-pyrrole nitrogens is 1. The Balaban J connectivity index is 1.61. The number of aromatic amines is 1. The van der Waals surface area contributed by atoms with Gasteiger partial charge in [0.15, 0.2) is 0 Å². The summed E-state index contributed by atoms with van der Waals surface area (Å²) < 4.78 is 5.55. The van der Waals surface area contributed by atoms with E-state index in [9.17, 15) is 4.79 Å². The summed E-state index contributed by atoms with van der Waals surface area (Å²) in [5.41, 5.74) is 2.03. The fraction of sp³-hybridized carbons (Fsp3) is 0.300. The molecule has 27 heavy (non-hydrogen) atoms. The molecule has 0 atom stereocenters. The van der Waals surface area contributed by atoms with Crippen molar-refractivity contribution in [2.24, 2.45) is 0 Å². The van der Waals surface area contributed by atoms with Crippen LogP contribution in [0, 0.1) is 0 Å². The number of nitrogens with one attached hydrogen (secondary N) is 2. The first-order valence-corrected chi connectivity index (χ1v) is 9.58. The van der Waals surface area contributed by atoms with E-state index in [-0.39, 0.29) is 11.3 Å². The predicted octanol–water partition coefficient (Wildman–Crippen LogP) is 4.35. The molecule has 3 aromatic rings. The molecule has 1 aromatic heterocycles. The Labute approximate surface area is 167 Å². The molecule has 1 fully saturated rings. The minimum Gasteiger partial charge on any atom is -0.381 e. The van der Waals surface area contributed by atoms with Crippen LogP contribution in [-0.4, -0.2) is 35.9 Å². The van der Waals surface area contributed by atoms with Crippen molar-refractivity contribution in [2.45, 2.75) is 18.3 Å². The Bertz CT molecular complexity index is 980. The van der Waals surface area contributed by atoms with Crippen LogP contribution in [-0.2, 0) is 10.2 Å². The van der Waals surface area contributed by atoms with Gasteiger partial charge in [0.25, 0.3) is 5.91 Å². The molecule has 2 aromatic carbocycles. The minimum atomic E-state index is -0.280. The summed E-state index contributed by atoms with van der Waals surface area (Å²) in [5, 5.41) is 12.1. The monoisotopic (exact) mass is 403 g/mol. The van der Waals surface area contributed by atoms with E-state index in [0.717, 1.165) is 29.3 Å². The minimum absolute atomic E-state index is 0.138. The third-order valence-corrected chi connectivity index (χ3v) is 5.81. The Morgan fingerprint density at radius 2 is 2.04 bits per heavy atom. The Morgan fingerprint density at radius 3 is 2.81 bits per heavy atom. The summed E-state index contributed by atoms with van der Waals surface area (Å²) in [6, 6.07) is 11.1. The average molecular weight is 404 g/mol. The number of rotatable bonds is 4. The number of carbonyl (C=O) groups excluding carboxylic acids is 1. The maximum absolute atomic E-state index is 12.9. The van der Waals surface area contributed by atoms with Crippen molar-refractivity contribution in [3.8, 4) is 0 Å². The van der Waals surface area contributed by atoms with Crippen molar-refractivity contribution in [2.75, 3.05) is 19.8 Å². The molecule has 0 saturated carbocycles. The number of aromatic nitrogens is 2. The third-order valence-electron chi connectivity index (χ3n) is 5.26. The molecule has 0 spiro atoms. The van der Waals surface area contributed by atoms with Crippen molar-refractivity contribution < 1.29 is 9.53 Å². The van der Waals surface area contributed by atoms with Crippen molar-refractivity contribution in [1.29, 1.82) is 0 Å². The lowest BCUT2D eigenvalue weighted by Crippen LogP contribution is -2.44. The van der Waals surface area contributed by atoms with E-state index in [4.69, 9.17) is 27.9 Å². The SMILES string of the molecule is O=C(NCC1(c2ccc(Cl)cc2Cl)CCOCC1)c1cccc2cn[nH]c12. The van der Waals surface area contributed by atoms with Crippen molar-refractivity contribution >= 4 is 40.0 Å². The van der Waals surface area contributed by atoms with Crippen LogP contribution >= 0.6 is 23.2 Å². The van der Waals surface area contributed by atoms with Gasteiger partial charge in [-0.25, -0.2) is 0 Å². The van der Waals surface area contributed by atoms with Crippen LogP contribution in [0.5, 0.6) is 0 Å². The fourth-order valence-electron chi connectivity index (χ4n) is 3.73. The molecule has 1 aliphatic rings. The van der Waals surface area contributed by atoms with Crippen LogP contribution in [0.3, 0.4) is 0 Å². The number of nitrogens with zero attached hydrogens (tertiary/aromatic N) is 1. The molecule has 0 unspecified atom stereocenters. The number of carbonyl (C=O) groups is 1. The fourth-order valence-corrected chi connectivity index (χ4v) is 4.33. The molecule has 0 aliphatic carbocycles. The van der Waals surface area contributed by atoms with Crippen LogP contribution in [0.1, 0.15) is 28.8 Å². The second-order valence-electron chi connectivity index (χ2n) is 6.84. The van der Waals surface area contributed by atoms with Crippen molar-refractivity contribution in [3.05, 3.63) is 63.8 Å². The van der Waals surface area contributed by atoms with E-state index in [1.54, 1.807) is 18.3 Å².